The summed E-state index contributed by atoms with van der Waals surface area (Å²) in [6, 6.07) is 23.9. The molecule has 150 valence electrons. The highest BCUT2D eigenvalue weighted by Gasteiger charge is 2.35. The van der Waals surface area contributed by atoms with E-state index in [2.05, 4.69) is 0 Å². The van der Waals surface area contributed by atoms with Gasteiger partial charge in [-0.3, -0.25) is 9.59 Å². The molecule has 2 amide bonds. The highest BCUT2D eigenvalue weighted by Crippen LogP contribution is 2.23. The molecule has 6 heteroatoms. The zero-order valence-electron chi connectivity index (χ0n) is 16.1. The molecule has 3 aromatic rings. The fourth-order valence-electron chi connectivity index (χ4n) is 3.28. The summed E-state index contributed by atoms with van der Waals surface area (Å²) in [4.78, 5) is 37.6. The number of rotatable bonds is 7. The first-order chi connectivity index (χ1) is 14.6. The van der Waals surface area contributed by atoms with Crippen LogP contribution in [0.5, 0.6) is 5.75 Å². The summed E-state index contributed by atoms with van der Waals surface area (Å²) in [6.45, 7) is -0.769. The van der Waals surface area contributed by atoms with E-state index in [0.717, 1.165) is 16.0 Å². The first-order valence-electron chi connectivity index (χ1n) is 9.49. The Bertz CT molecular complexity index is 1060. The third-order valence-corrected chi connectivity index (χ3v) is 4.79. The molecule has 1 heterocycles. The van der Waals surface area contributed by atoms with Crippen molar-refractivity contribution in [3.63, 3.8) is 0 Å². The van der Waals surface area contributed by atoms with Gasteiger partial charge in [0.15, 0.2) is 13.3 Å². The van der Waals surface area contributed by atoms with Gasteiger partial charge in [0, 0.05) is 6.42 Å². The summed E-state index contributed by atoms with van der Waals surface area (Å²) in [5, 5.41) is 0. The number of esters is 1. The lowest BCUT2D eigenvalue weighted by atomic mass is 10.0. The second-order valence-electron chi connectivity index (χ2n) is 6.79. The predicted octanol–water partition coefficient (Wildman–Crippen LogP) is 3.45. The van der Waals surface area contributed by atoms with Gasteiger partial charge in [0.25, 0.3) is 11.8 Å². The topological polar surface area (TPSA) is 72.9 Å². The molecule has 0 saturated carbocycles. The maximum atomic E-state index is 12.3. The second-order valence-corrected chi connectivity index (χ2v) is 6.79. The van der Waals surface area contributed by atoms with Crippen molar-refractivity contribution in [2.45, 2.75) is 6.42 Å². The van der Waals surface area contributed by atoms with Crippen molar-refractivity contribution in [2.24, 2.45) is 0 Å². The van der Waals surface area contributed by atoms with Crippen LogP contribution in [0.2, 0.25) is 0 Å². The summed E-state index contributed by atoms with van der Waals surface area (Å²) in [7, 11) is 0. The molecule has 3 aromatic carbocycles. The Labute approximate surface area is 173 Å². The molecule has 0 spiro atoms. The third kappa shape index (κ3) is 4.07. The highest BCUT2D eigenvalue weighted by molar-refractivity contribution is 6.21. The molecule has 6 nitrogen and oxygen atoms in total. The molecular weight excluding hydrogens is 382 g/mol. The van der Waals surface area contributed by atoms with Crippen LogP contribution in [0.15, 0.2) is 78.9 Å². The van der Waals surface area contributed by atoms with E-state index in [1.807, 2.05) is 48.5 Å². The molecule has 1 aliphatic rings. The second kappa shape index (κ2) is 8.61. The number of benzene rings is 3. The Morgan fingerprint density at radius 1 is 0.767 bits per heavy atom. The van der Waals surface area contributed by atoms with Gasteiger partial charge in [0.05, 0.1) is 11.1 Å². The summed E-state index contributed by atoms with van der Waals surface area (Å²) in [6.07, 6.45) is 0.668. The zero-order valence-corrected chi connectivity index (χ0v) is 16.1. The van der Waals surface area contributed by atoms with Crippen LogP contribution in [-0.4, -0.2) is 36.0 Å². The number of imide groups is 1. The van der Waals surface area contributed by atoms with E-state index >= 15 is 0 Å². The van der Waals surface area contributed by atoms with Gasteiger partial charge in [-0.2, -0.15) is 0 Å². The normalized spacial score (nSPS) is 12.6. The monoisotopic (exact) mass is 401 g/mol. The standard InChI is InChI=1S/C24H19NO5/c26-22(30-16-25-23(27)19-11-5-6-12-20(19)24(25)28)15-29-21-13-7-4-10-18(21)14-17-8-2-1-3-9-17/h1-13H,14-16H2. The Balaban J connectivity index is 1.33. The number of ether oxygens (including phenoxy) is 2. The first kappa shape index (κ1) is 19.4. The SMILES string of the molecule is O=C(COc1ccccc1Cc1ccccc1)OCN1C(=O)c2ccccc2C1=O. The highest BCUT2D eigenvalue weighted by atomic mass is 16.6. The molecule has 0 unspecified atom stereocenters. The number of carbonyl (C=O) groups is 3. The lowest BCUT2D eigenvalue weighted by molar-refractivity contribution is -0.148. The van der Waals surface area contributed by atoms with Crippen LogP contribution in [0.25, 0.3) is 0 Å². The molecule has 0 N–H and O–H groups in total. The lowest BCUT2D eigenvalue weighted by Crippen LogP contribution is -2.34. The molecule has 0 radical (unpaired) electrons. The van der Waals surface area contributed by atoms with Crippen molar-refractivity contribution >= 4 is 17.8 Å². The fraction of sp³-hybridized carbons (Fsp3) is 0.125. The van der Waals surface area contributed by atoms with Crippen LogP contribution in [-0.2, 0) is 16.0 Å². The fourth-order valence-corrected chi connectivity index (χ4v) is 3.28. The van der Waals surface area contributed by atoms with Gasteiger partial charge in [-0.25, -0.2) is 9.69 Å². The third-order valence-electron chi connectivity index (χ3n) is 4.79. The Morgan fingerprint density at radius 2 is 1.37 bits per heavy atom. The summed E-state index contributed by atoms with van der Waals surface area (Å²) < 4.78 is 10.7. The van der Waals surface area contributed by atoms with E-state index in [1.54, 1.807) is 30.3 Å². The van der Waals surface area contributed by atoms with E-state index < -0.39 is 24.5 Å². The van der Waals surface area contributed by atoms with Crippen LogP contribution < -0.4 is 4.74 Å². The van der Waals surface area contributed by atoms with E-state index in [0.29, 0.717) is 23.3 Å². The summed E-state index contributed by atoms with van der Waals surface area (Å²) in [5.41, 5.74) is 2.69. The maximum absolute atomic E-state index is 12.3. The van der Waals surface area contributed by atoms with E-state index in [4.69, 9.17) is 9.47 Å². The van der Waals surface area contributed by atoms with E-state index in [1.165, 1.54) is 0 Å². The van der Waals surface area contributed by atoms with Crippen LogP contribution in [0.1, 0.15) is 31.8 Å². The van der Waals surface area contributed by atoms with Gasteiger partial charge in [0.1, 0.15) is 5.75 Å². The summed E-state index contributed by atoms with van der Waals surface area (Å²) >= 11 is 0. The molecule has 0 saturated heterocycles. The molecule has 0 aromatic heterocycles. The number of hydrogen-bond acceptors (Lipinski definition) is 5. The van der Waals surface area contributed by atoms with Crippen molar-refractivity contribution in [2.75, 3.05) is 13.3 Å². The number of carbonyl (C=O) groups excluding carboxylic acids is 3. The molecule has 30 heavy (non-hydrogen) atoms. The van der Waals surface area contributed by atoms with Crippen molar-refractivity contribution < 1.29 is 23.9 Å². The van der Waals surface area contributed by atoms with Gasteiger partial charge < -0.3 is 9.47 Å². The Morgan fingerprint density at radius 3 is 2.07 bits per heavy atom. The maximum Gasteiger partial charge on any atom is 0.345 e. The number of amides is 2. The number of fused-ring (bicyclic) bond motifs is 1. The average molecular weight is 401 g/mol. The largest absolute Gasteiger partial charge is 0.482 e. The molecule has 0 atom stereocenters. The number of nitrogens with zero attached hydrogens (tertiary/aromatic N) is 1. The van der Waals surface area contributed by atoms with E-state index in [-0.39, 0.29) is 6.61 Å². The molecular formula is C24H19NO5. The van der Waals surface area contributed by atoms with Crippen molar-refractivity contribution in [1.82, 2.24) is 4.90 Å². The quantitative estimate of drug-likeness (QED) is 0.448. The summed E-state index contributed by atoms with van der Waals surface area (Å²) in [5.74, 6) is -1.03. The molecule has 0 bridgehead atoms. The Kier molecular flexibility index (Phi) is 5.57. The van der Waals surface area contributed by atoms with Crippen molar-refractivity contribution in [1.29, 1.82) is 0 Å². The van der Waals surface area contributed by atoms with Gasteiger partial charge in [-0.05, 0) is 29.3 Å². The minimum atomic E-state index is -0.666. The number of hydrogen-bond donors (Lipinski definition) is 0. The zero-order chi connectivity index (χ0) is 20.9. The Hall–Kier alpha value is -3.93. The molecule has 4 rings (SSSR count). The molecule has 0 aliphatic carbocycles. The molecule has 0 fully saturated rings. The van der Waals surface area contributed by atoms with Crippen molar-refractivity contribution in [3.8, 4) is 5.75 Å². The van der Waals surface area contributed by atoms with Crippen LogP contribution in [0.4, 0.5) is 0 Å². The van der Waals surface area contributed by atoms with E-state index in [9.17, 15) is 14.4 Å². The predicted molar refractivity (Wildman–Crippen MR) is 109 cm³/mol. The van der Waals surface area contributed by atoms with Crippen LogP contribution in [0, 0.1) is 0 Å². The first-order valence-corrected chi connectivity index (χ1v) is 9.49. The molecule has 1 aliphatic heterocycles. The van der Waals surface area contributed by atoms with Crippen LogP contribution in [0.3, 0.4) is 0 Å². The van der Waals surface area contributed by atoms with Gasteiger partial charge >= 0.3 is 5.97 Å². The lowest BCUT2D eigenvalue weighted by Gasteiger charge is -2.15. The average Bonchev–Trinajstić information content (AvgIpc) is 3.02. The van der Waals surface area contributed by atoms with Gasteiger partial charge in [-0.1, -0.05) is 60.7 Å². The smallest absolute Gasteiger partial charge is 0.345 e. The van der Waals surface area contributed by atoms with Crippen LogP contribution >= 0.6 is 0 Å². The minimum Gasteiger partial charge on any atom is -0.482 e. The van der Waals surface area contributed by atoms with Gasteiger partial charge in [0.2, 0.25) is 0 Å². The minimum absolute atomic E-state index is 0.310. The van der Waals surface area contributed by atoms with Gasteiger partial charge in [-0.15, -0.1) is 0 Å². The number of para-hydroxylation sites is 1. The van der Waals surface area contributed by atoms with Crippen molar-refractivity contribution in [3.05, 3.63) is 101 Å².